The number of methoxy groups -OCH3 is 1. The monoisotopic (exact) mass is 482 g/mol. The summed E-state index contributed by atoms with van der Waals surface area (Å²) in [5.41, 5.74) is 3.16. The summed E-state index contributed by atoms with van der Waals surface area (Å²) < 4.78 is 6.71. The number of carbonyl (C=O) groups excluding carboxylic acids is 3. The zero-order valence-corrected chi connectivity index (χ0v) is 20.0. The molecule has 1 aromatic heterocycles. The molecule has 1 aliphatic rings. The Morgan fingerprint density at radius 2 is 1.67 bits per heavy atom. The van der Waals surface area contributed by atoms with Crippen LogP contribution in [-0.4, -0.2) is 39.3 Å². The normalized spacial score (nSPS) is 17.1. The van der Waals surface area contributed by atoms with Gasteiger partial charge < -0.3 is 19.5 Å². The van der Waals surface area contributed by atoms with Crippen LogP contribution in [0.1, 0.15) is 47.2 Å². The number of carbonyl (C=O) groups is 3. The summed E-state index contributed by atoms with van der Waals surface area (Å²) in [5.74, 6) is -0.356. The van der Waals surface area contributed by atoms with Crippen LogP contribution in [0.3, 0.4) is 0 Å². The zero-order chi connectivity index (χ0) is 25.2. The topological polar surface area (TPSA) is 93.5 Å². The molecule has 2 amide bonds. The molecule has 3 aromatic carbocycles. The molecule has 8 heteroatoms. The van der Waals surface area contributed by atoms with Crippen LogP contribution in [0.25, 0.3) is 11.0 Å². The van der Waals surface area contributed by atoms with E-state index in [9.17, 15) is 14.4 Å². The third-order valence-electron chi connectivity index (χ3n) is 6.53. The third-order valence-corrected chi connectivity index (χ3v) is 6.53. The van der Waals surface area contributed by atoms with Crippen molar-refractivity contribution in [2.45, 2.75) is 32.0 Å². The van der Waals surface area contributed by atoms with Crippen LogP contribution in [0.15, 0.2) is 78.9 Å². The second kappa shape index (κ2) is 9.65. The fraction of sp³-hybridized carbons (Fsp3) is 0.214. The molecular weight excluding hydrogens is 456 g/mol. The maximum atomic E-state index is 13.9. The number of fused-ring (bicyclic) bond motifs is 3. The maximum absolute atomic E-state index is 13.9. The first kappa shape index (κ1) is 23.3. The summed E-state index contributed by atoms with van der Waals surface area (Å²) >= 11 is 0. The van der Waals surface area contributed by atoms with E-state index < -0.39 is 12.0 Å². The van der Waals surface area contributed by atoms with Crippen LogP contribution >= 0.6 is 0 Å². The Labute approximate surface area is 208 Å². The molecular formula is C28H26N4O4. The summed E-state index contributed by atoms with van der Waals surface area (Å²) in [4.78, 5) is 45.9. The number of anilines is 1. The molecule has 0 saturated carbocycles. The van der Waals surface area contributed by atoms with E-state index in [-0.39, 0.29) is 29.8 Å². The molecule has 0 saturated heterocycles. The molecule has 0 bridgehead atoms. The number of nitrogens with one attached hydrogen (secondary N) is 1. The molecule has 1 N–H and O–H groups in total. The summed E-state index contributed by atoms with van der Waals surface area (Å²) in [6, 6.07) is 23.0. The van der Waals surface area contributed by atoms with Crippen molar-refractivity contribution in [3.63, 3.8) is 0 Å². The van der Waals surface area contributed by atoms with E-state index in [2.05, 4.69) is 5.32 Å². The first-order chi connectivity index (χ1) is 17.5. The van der Waals surface area contributed by atoms with Gasteiger partial charge in [0.2, 0.25) is 11.8 Å². The highest BCUT2D eigenvalue weighted by Gasteiger charge is 2.40. The van der Waals surface area contributed by atoms with Crippen LogP contribution in [-0.2, 0) is 20.9 Å². The number of nitrogens with zero attached hydrogens (tertiary/aromatic N) is 3. The van der Waals surface area contributed by atoms with Gasteiger partial charge in [0.15, 0.2) is 0 Å². The van der Waals surface area contributed by atoms with Crippen LogP contribution in [0.5, 0.6) is 0 Å². The quantitative estimate of drug-likeness (QED) is 0.409. The van der Waals surface area contributed by atoms with Gasteiger partial charge in [0.1, 0.15) is 11.9 Å². The first-order valence-corrected chi connectivity index (χ1v) is 11.8. The second-order valence-electron chi connectivity index (χ2n) is 8.76. The van der Waals surface area contributed by atoms with Gasteiger partial charge >= 0.3 is 5.97 Å². The smallest absolute Gasteiger partial charge is 0.339 e. The molecule has 0 fully saturated rings. The van der Waals surface area contributed by atoms with E-state index >= 15 is 0 Å². The molecule has 2 heterocycles. The fourth-order valence-electron chi connectivity index (χ4n) is 4.75. The lowest BCUT2D eigenvalue weighted by Crippen LogP contribution is -2.45. The number of rotatable bonds is 6. The number of aromatic nitrogens is 2. The Bertz CT molecular complexity index is 1450. The summed E-state index contributed by atoms with van der Waals surface area (Å²) in [6.07, 6.45) is -0.111. The average molecular weight is 483 g/mol. The van der Waals surface area contributed by atoms with Crippen molar-refractivity contribution < 1.29 is 19.1 Å². The molecule has 1 aliphatic heterocycles. The highest BCUT2D eigenvalue weighted by atomic mass is 16.5. The second-order valence-corrected chi connectivity index (χ2v) is 8.76. The number of amides is 2. The van der Waals surface area contributed by atoms with Crippen molar-refractivity contribution in [1.29, 1.82) is 0 Å². The molecule has 4 aromatic rings. The van der Waals surface area contributed by atoms with Crippen molar-refractivity contribution in [3.05, 3.63) is 95.8 Å². The predicted molar refractivity (Wildman–Crippen MR) is 135 cm³/mol. The van der Waals surface area contributed by atoms with Gasteiger partial charge in [-0.3, -0.25) is 9.59 Å². The summed E-state index contributed by atoms with van der Waals surface area (Å²) in [7, 11) is 1.29. The molecule has 0 unspecified atom stereocenters. The summed E-state index contributed by atoms with van der Waals surface area (Å²) in [5, 5.41) is 2.80. The lowest BCUT2D eigenvalue weighted by atomic mass is 10.0. The van der Waals surface area contributed by atoms with Crippen molar-refractivity contribution >= 4 is 34.5 Å². The molecule has 182 valence electrons. The van der Waals surface area contributed by atoms with Gasteiger partial charge in [-0.05, 0) is 36.8 Å². The third kappa shape index (κ3) is 4.22. The van der Waals surface area contributed by atoms with Crippen molar-refractivity contribution in [1.82, 2.24) is 14.5 Å². The van der Waals surface area contributed by atoms with Gasteiger partial charge in [0.25, 0.3) is 0 Å². The van der Waals surface area contributed by atoms with E-state index in [1.165, 1.54) is 7.11 Å². The van der Waals surface area contributed by atoms with Crippen LogP contribution < -0.4 is 5.32 Å². The number of hydrogen-bond donors (Lipinski definition) is 1. The molecule has 2 atom stereocenters. The van der Waals surface area contributed by atoms with Crippen molar-refractivity contribution in [2.24, 2.45) is 0 Å². The van der Waals surface area contributed by atoms with Gasteiger partial charge in [-0.25, -0.2) is 9.78 Å². The lowest BCUT2D eigenvalue weighted by Gasteiger charge is -2.38. The molecule has 0 aliphatic carbocycles. The molecule has 5 rings (SSSR count). The Hall–Kier alpha value is -4.46. The minimum absolute atomic E-state index is 0.111. The highest BCUT2D eigenvalue weighted by Crippen LogP contribution is 2.37. The number of benzene rings is 3. The Kier molecular flexibility index (Phi) is 6.25. The van der Waals surface area contributed by atoms with E-state index in [1.54, 1.807) is 29.2 Å². The number of ether oxygens (including phenoxy) is 1. The van der Waals surface area contributed by atoms with E-state index in [0.717, 1.165) is 22.4 Å². The van der Waals surface area contributed by atoms with E-state index in [4.69, 9.17) is 9.72 Å². The van der Waals surface area contributed by atoms with Crippen molar-refractivity contribution in [2.75, 3.05) is 12.4 Å². The molecule has 8 nitrogen and oxygen atoms in total. The van der Waals surface area contributed by atoms with E-state index in [0.29, 0.717) is 12.2 Å². The van der Waals surface area contributed by atoms with Crippen LogP contribution in [0.2, 0.25) is 0 Å². The SMILES string of the molecule is COC(=O)c1ccccc1NC(=O)C[C@@H]1C(=O)N(Cc2ccccc2)[C@@H](C)c2nc3ccccc3n21. The maximum Gasteiger partial charge on any atom is 0.339 e. The van der Waals surface area contributed by atoms with Gasteiger partial charge in [-0.1, -0.05) is 54.6 Å². The minimum Gasteiger partial charge on any atom is -0.465 e. The van der Waals surface area contributed by atoms with Crippen molar-refractivity contribution in [3.8, 4) is 0 Å². The van der Waals surface area contributed by atoms with Gasteiger partial charge in [0, 0.05) is 6.54 Å². The largest absolute Gasteiger partial charge is 0.465 e. The number of esters is 1. The molecule has 0 spiro atoms. The minimum atomic E-state index is -0.780. The highest BCUT2D eigenvalue weighted by molar-refractivity contribution is 6.02. The molecule has 36 heavy (non-hydrogen) atoms. The van der Waals surface area contributed by atoms with Gasteiger partial charge in [0.05, 0.1) is 41.9 Å². The predicted octanol–water partition coefficient (Wildman–Crippen LogP) is 4.50. The standard InChI is InChI=1S/C28H26N4O4/c1-18-26-30-22-14-8-9-15-23(22)32(26)24(27(34)31(18)17-19-10-4-3-5-11-19)16-25(33)29-21-13-7-6-12-20(21)28(35)36-2/h3-15,18,24H,16-17H2,1-2H3,(H,29,33)/t18-,24+/m0/s1. The Morgan fingerprint density at radius 1 is 0.972 bits per heavy atom. The van der Waals surface area contributed by atoms with Crippen LogP contribution in [0, 0.1) is 0 Å². The number of imidazole rings is 1. The number of hydrogen-bond acceptors (Lipinski definition) is 5. The zero-order valence-electron chi connectivity index (χ0n) is 20.0. The average Bonchev–Trinajstić information content (AvgIpc) is 3.29. The first-order valence-electron chi connectivity index (χ1n) is 11.8. The fourth-order valence-corrected chi connectivity index (χ4v) is 4.75. The molecule has 0 radical (unpaired) electrons. The van der Waals surface area contributed by atoms with Gasteiger partial charge in [-0.2, -0.15) is 0 Å². The Morgan fingerprint density at radius 3 is 2.44 bits per heavy atom. The number of para-hydroxylation sites is 3. The van der Waals surface area contributed by atoms with Crippen LogP contribution in [0.4, 0.5) is 5.69 Å². The van der Waals surface area contributed by atoms with E-state index in [1.807, 2.05) is 66.1 Å². The van der Waals surface area contributed by atoms with Gasteiger partial charge in [-0.15, -0.1) is 0 Å². The summed E-state index contributed by atoms with van der Waals surface area (Å²) in [6.45, 7) is 2.37. The Balaban J connectivity index is 1.50. The lowest BCUT2D eigenvalue weighted by molar-refractivity contribution is -0.142.